The Morgan fingerprint density at radius 2 is 2.18 bits per heavy atom. The van der Waals surface area contributed by atoms with Gasteiger partial charge in [0, 0.05) is 18.7 Å². The third-order valence-corrected chi connectivity index (χ3v) is 3.15. The second-order valence-electron chi connectivity index (χ2n) is 4.67. The first kappa shape index (κ1) is 12.1. The molecule has 0 fully saturated rings. The summed E-state index contributed by atoms with van der Waals surface area (Å²) in [4.78, 5) is 12.0. The summed E-state index contributed by atoms with van der Waals surface area (Å²) in [7, 11) is 1.64. The number of rotatable bonds is 4. The van der Waals surface area contributed by atoms with Crippen LogP contribution in [0, 0.1) is 0 Å². The number of carbonyl (C=O) groups excluding carboxylic acids is 1. The fraction of sp³-hybridized carbons (Fsp3) is 0.500. The van der Waals surface area contributed by atoms with Gasteiger partial charge in [0.15, 0.2) is 0 Å². The van der Waals surface area contributed by atoms with Crippen LogP contribution in [0.25, 0.3) is 0 Å². The Morgan fingerprint density at radius 3 is 2.94 bits per heavy atom. The summed E-state index contributed by atoms with van der Waals surface area (Å²) in [6.07, 6.45) is 3.46. The normalized spacial score (nSPS) is 15.4. The van der Waals surface area contributed by atoms with Gasteiger partial charge in [0.05, 0.1) is 6.61 Å². The summed E-state index contributed by atoms with van der Waals surface area (Å²) in [6.45, 7) is 2.48. The van der Waals surface area contributed by atoms with E-state index in [9.17, 15) is 4.79 Å². The number of fused-ring (bicyclic) bond motifs is 1. The van der Waals surface area contributed by atoms with Gasteiger partial charge in [-0.3, -0.25) is 4.79 Å². The van der Waals surface area contributed by atoms with E-state index in [2.05, 4.69) is 11.4 Å². The molecule has 0 saturated heterocycles. The summed E-state index contributed by atoms with van der Waals surface area (Å²) in [5, 5.41) is 2.92. The lowest BCUT2D eigenvalue weighted by molar-refractivity contribution is 0.0905. The topological polar surface area (TPSA) is 38.3 Å². The highest BCUT2D eigenvalue weighted by atomic mass is 16.5. The van der Waals surface area contributed by atoms with Crippen molar-refractivity contribution in [3.05, 3.63) is 34.9 Å². The van der Waals surface area contributed by atoms with Gasteiger partial charge >= 0.3 is 0 Å². The molecule has 0 saturated carbocycles. The number of hydrogen-bond acceptors (Lipinski definition) is 2. The zero-order valence-electron chi connectivity index (χ0n) is 10.5. The molecule has 3 nitrogen and oxygen atoms in total. The Morgan fingerprint density at radius 1 is 1.41 bits per heavy atom. The van der Waals surface area contributed by atoms with Crippen LogP contribution in [0.4, 0.5) is 0 Å². The third-order valence-electron chi connectivity index (χ3n) is 3.15. The van der Waals surface area contributed by atoms with Gasteiger partial charge in [0.2, 0.25) is 0 Å². The zero-order chi connectivity index (χ0) is 12.3. The van der Waals surface area contributed by atoms with E-state index >= 15 is 0 Å². The van der Waals surface area contributed by atoms with Crippen LogP contribution < -0.4 is 5.32 Å². The molecular formula is C14H19NO2. The monoisotopic (exact) mass is 233 g/mol. The van der Waals surface area contributed by atoms with E-state index in [0.29, 0.717) is 6.61 Å². The first-order valence-corrected chi connectivity index (χ1v) is 6.12. The third kappa shape index (κ3) is 2.86. The van der Waals surface area contributed by atoms with Crippen molar-refractivity contribution in [2.24, 2.45) is 0 Å². The van der Waals surface area contributed by atoms with Crippen molar-refractivity contribution in [2.45, 2.75) is 32.2 Å². The van der Waals surface area contributed by atoms with E-state index < -0.39 is 0 Å². The molecule has 0 spiro atoms. The fourth-order valence-electron chi connectivity index (χ4n) is 2.31. The Kier molecular flexibility index (Phi) is 3.79. The number of nitrogens with one attached hydrogen (secondary N) is 1. The van der Waals surface area contributed by atoms with Gasteiger partial charge in [0.25, 0.3) is 5.91 Å². The van der Waals surface area contributed by atoms with Gasteiger partial charge in [-0.2, -0.15) is 0 Å². The summed E-state index contributed by atoms with van der Waals surface area (Å²) < 4.78 is 5.00. The molecular weight excluding hydrogens is 214 g/mol. The van der Waals surface area contributed by atoms with E-state index in [4.69, 9.17) is 4.74 Å². The Labute approximate surface area is 102 Å². The Bertz CT molecular complexity index is 415. The second kappa shape index (κ2) is 5.32. The van der Waals surface area contributed by atoms with Crippen LogP contribution in [0.5, 0.6) is 0 Å². The molecule has 2 rings (SSSR count). The molecule has 17 heavy (non-hydrogen) atoms. The van der Waals surface area contributed by atoms with Crippen molar-refractivity contribution in [1.82, 2.24) is 5.32 Å². The van der Waals surface area contributed by atoms with E-state index in [1.54, 1.807) is 7.11 Å². The summed E-state index contributed by atoms with van der Waals surface area (Å²) in [5.41, 5.74) is 3.48. The summed E-state index contributed by atoms with van der Waals surface area (Å²) >= 11 is 0. The molecule has 3 heteroatoms. The maximum atomic E-state index is 12.0. The van der Waals surface area contributed by atoms with E-state index in [1.165, 1.54) is 17.5 Å². The van der Waals surface area contributed by atoms with Crippen molar-refractivity contribution >= 4 is 5.91 Å². The maximum absolute atomic E-state index is 12.0. The number of hydrogen-bond donors (Lipinski definition) is 1. The van der Waals surface area contributed by atoms with Crippen molar-refractivity contribution in [1.29, 1.82) is 0 Å². The molecule has 1 aliphatic carbocycles. The Hall–Kier alpha value is -1.35. The van der Waals surface area contributed by atoms with E-state index in [-0.39, 0.29) is 11.9 Å². The molecule has 1 N–H and O–H groups in total. The van der Waals surface area contributed by atoms with Crippen LogP contribution in [0.3, 0.4) is 0 Å². The van der Waals surface area contributed by atoms with E-state index in [0.717, 1.165) is 18.4 Å². The highest BCUT2D eigenvalue weighted by Gasteiger charge is 2.14. The number of carbonyl (C=O) groups is 1. The van der Waals surface area contributed by atoms with Gasteiger partial charge in [-0.1, -0.05) is 6.07 Å². The van der Waals surface area contributed by atoms with Crippen LogP contribution in [0.1, 0.15) is 34.8 Å². The molecule has 1 aliphatic rings. The predicted molar refractivity (Wildman–Crippen MR) is 67.3 cm³/mol. The number of methoxy groups -OCH3 is 1. The fourth-order valence-corrected chi connectivity index (χ4v) is 2.31. The maximum Gasteiger partial charge on any atom is 0.251 e. The lowest BCUT2D eigenvalue weighted by atomic mass is 10.1. The number of aryl methyl sites for hydroxylation is 2. The minimum atomic E-state index is -0.00995. The van der Waals surface area contributed by atoms with Crippen molar-refractivity contribution < 1.29 is 9.53 Å². The average molecular weight is 233 g/mol. The smallest absolute Gasteiger partial charge is 0.251 e. The first-order chi connectivity index (χ1) is 8.20. The molecule has 0 aliphatic heterocycles. The quantitative estimate of drug-likeness (QED) is 0.863. The van der Waals surface area contributed by atoms with Crippen molar-refractivity contribution in [3.8, 4) is 0 Å². The zero-order valence-corrected chi connectivity index (χ0v) is 10.5. The lowest BCUT2D eigenvalue weighted by Gasteiger charge is -2.13. The van der Waals surface area contributed by atoms with Crippen LogP contribution >= 0.6 is 0 Å². The van der Waals surface area contributed by atoms with E-state index in [1.807, 2.05) is 19.1 Å². The number of benzene rings is 1. The van der Waals surface area contributed by atoms with Gasteiger partial charge in [-0.05, 0) is 49.4 Å². The van der Waals surface area contributed by atoms with Crippen molar-refractivity contribution in [3.63, 3.8) is 0 Å². The predicted octanol–water partition coefficient (Wildman–Crippen LogP) is 1.94. The molecule has 1 amide bonds. The van der Waals surface area contributed by atoms with Crippen molar-refractivity contribution in [2.75, 3.05) is 13.7 Å². The highest BCUT2D eigenvalue weighted by Crippen LogP contribution is 2.22. The summed E-state index contributed by atoms with van der Waals surface area (Å²) in [6, 6.07) is 6.06. The van der Waals surface area contributed by atoms with Gasteiger partial charge in [0.1, 0.15) is 0 Å². The SMILES string of the molecule is COC[C@@H](C)NC(=O)c1ccc2c(c1)CCC2. The second-order valence-corrected chi connectivity index (χ2v) is 4.67. The minimum Gasteiger partial charge on any atom is -0.383 e. The van der Waals surface area contributed by atoms with Gasteiger partial charge in [-0.15, -0.1) is 0 Å². The molecule has 0 unspecified atom stereocenters. The van der Waals surface area contributed by atoms with Gasteiger partial charge in [-0.25, -0.2) is 0 Å². The largest absolute Gasteiger partial charge is 0.383 e. The van der Waals surface area contributed by atoms with Crippen LogP contribution in [0.15, 0.2) is 18.2 Å². The summed E-state index contributed by atoms with van der Waals surface area (Å²) in [5.74, 6) is -0.00995. The average Bonchev–Trinajstić information content (AvgIpc) is 2.75. The molecule has 0 heterocycles. The standard InChI is InChI=1S/C14H19NO2/c1-10(9-17-2)15-14(16)13-7-6-11-4-3-5-12(11)8-13/h6-8,10H,3-5,9H2,1-2H3,(H,15,16)/t10-/m1/s1. The van der Waals surface area contributed by atoms with Crippen LogP contribution in [-0.2, 0) is 17.6 Å². The highest BCUT2D eigenvalue weighted by molar-refractivity contribution is 5.94. The van der Waals surface area contributed by atoms with Crippen LogP contribution in [-0.4, -0.2) is 25.7 Å². The molecule has 0 bridgehead atoms. The van der Waals surface area contributed by atoms with Gasteiger partial charge < -0.3 is 10.1 Å². The molecule has 1 atom stereocenters. The number of ether oxygens (including phenoxy) is 1. The molecule has 0 radical (unpaired) electrons. The molecule has 0 aromatic heterocycles. The lowest BCUT2D eigenvalue weighted by Crippen LogP contribution is -2.35. The molecule has 1 aromatic carbocycles. The Balaban J connectivity index is 2.04. The minimum absolute atomic E-state index is 0.00995. The molecule has 92 valence electrons. The molecule has 1 aromatic rings. The number of amides is 1. The first-order valence-electron chi connectivity index (χ1n) is 6.12. The van der Waals surface area contributed by atoms with Crippen LogP contribution in [0.2, 0.25) is 0 Å².